The Morgan fingerprint density at radius 3 is 2.78 bits per heavy atom. The van der Waals surface area contributed by atoms with Crippen LogP contribution in [0.2, 0.25) is 0 Å². The Kier molecular flexibility index (Phi) is 5.65. The maximum absolute atomic E-state index is 12.0. The van der Waals surface area contributed by atoms with Crippen molar-refractivity contribution in [2.24, 2.45) is 5.92 Å². The van der Waals surface area contributed by atoms with Crippen LogP contribution >= 0.6 is 0 Å². The van der Waals surface area contributed by atoms with Gasteiger partial charge in [-0.2, -0.15) is 0 Å². The van der Waals surface area contributed by atoms with Crippen molar-refractivity contribution in [3.05, 3.63) is 23.8 Å². The van der Waals surface area contributed by atoms with Crippen molar-refractivity contribution in [2.45, 2.75) is 20.8 Å². The van der Waals surface area contributed by atoms with E-state index < -0.39 is 0 Å². The molecule has 0 aromatic heterocycles. The standard InChI is InChI=1S/C14H22N2O2/c1-5-15-9-11(3)14(17)16-12-7-6-10(2)8-13(12)18-4/h6-8,11,15H,5,9H2,1-4H3,(H,16,17). The van der Waals surface area contributed by atoms with Crippen LogP contribution in [0, 0.1) is 12.8 Å². The molecule has 18 heavy (non-hydrogen) atoms. The average molecular weight is 250 g/mol. The molecule has 1 rings (SSSR count). The summed E-state index contributed by atoms with van der Waals surface area (Å²) in [5.74, 6) is 0.619. The van der Waals surface area contributed by atoms with Crippen LogP contribution < -0.4 is 15.4 Å². The zero-order valence-corrected chi connectivity index (χ0v) is 11.5. The Morgan fingerprint density at radius 1 is 1.44 bits per heavy atom. The molecular weight excluding hydrogens is 228 g/mol. The van der Waals surface area contributed by atoms with E-state index in [9.17, 15) is 4.79 Å². The number of methoxy groups -OCH3 is 1. The molecule has 0 radical (unpaired) electrons. The van der Waals surface area contributed by atoms with Crippen LogP contribution in [0.15, 0.2) is 18.2 Å². The van der Waals surface area contributed by atoms with E-state index >= 15 is 0 Å². The van der Waals surface area contributed by atoms with E-state index in [0.29, 0.717) is 12.3 Å². The Hall–Kier alpha value is -1.55. The number of nitrogens with one attached hydrogen (secondary N) is 2. The minimum atomic E-state index is -0.0732. The van der Waals surface area contributed by atoms with E-state index in [2.05, 4.69) is 10.6 Å². The molecule has 0 saturated heterocycles. The predicted molar refractivity (Wildman–Crippen MR) is 74.1 cm³/mol. The molecular formula is C14H22N2O2. The van der Waals surface area contributed by atoms with Crippen molar-refractivity contribution in [1.82, 2.24) is 5.32 Å². The van der Waals surface area contributed by atoms with Crippen LogP contribution in [0.4, 0.5) is 5.69 Å². The van der Waals surface area contributed by atoms with Crippen molar-refractivity contribution < 1.29 is 9.53 Å². The predicted octanol–water partition coefficient (Wildman–Crippen LogP) is 2.19. The summed E-state index contributed by atoms with van der Waals surface area (Å²) < 4.78 is 5.26. The average Bonchev–Trinajstić information content (AvgIpc) is 2.37. The zero-order chi connectivity index (χ0) is 13.5. The highest BCUT2D eigenvalue weighted by Crippen LogP contribution is 2.25. The van der Waals surface area contributed by atoms with Crippen LogP contribution in [0.25, 0.3) is 0 Å². The maximum Gasteiger partial charge on any atom is 0.228 e. The zero-order valence-electron chi connectivity index (χ0n) is 11.5. The molecule has 1 atom stereocenters. The molecule has 4 nitrogen and oxygen atoms in total. The van der Waals surface area contributed by atoms with Gasteiger partial charge in [0.25, 0.3) is 0 Å². The van der Waals surface area contributed by atoms with E-state index in [0.717, 1.165) is 17.8 Å². The lowest BCUT2D eigenvalue weighted by Crippen LogP contribution is -2.30. The quantitative estimate of drug-likeness (QED) is 0.813. The lowest BCUT2D eigenvalue weighted by Gasteiger charge is -2.15. The van der Waals surface area contributed by atoms with Crippen molar-refractivity contribution >= 4 is 11.6 Å². The van der Waals surface area contributed by atoms with E-state index in [4.69, 9.17) is 4.74 Å². The van der Waals surface area contributed by atoms with Crippen LogP contribution in [-0.4, -0.2) is 26.1 Å². The maximum atomic E-state index is 12.0. The molecule has 1 unspecified atom stereocenters. The first-order chi connectivity index (χ1) is 8.58. The molecule has 0 heterocycles. The van der Waals surface area contributed by atoms with Gasteiger partial charge in [-0.25, -0.2) is 0 Å². The third kappa shape index (κ3) is 4.04. The molecule has 100 valence electrons. The summed E-state index contributed by atoms with van der Waals surface area (Å²) in [7, 11) is 1.60. The van der Waals surface area contributed by atoms with Crippen molar-refractivity contribution in [2.75, 3.05) is 25.5 Å². The molecule has 0 aliphatic carbocycles. The first-order valence-electron chi connectivity index (χ1n) is 6.24. The number of hydrogen-bond donors (Lipinski definition) is 2. The topological polar surface area (TPSA) is 50.4 Å². The van der Waals surface area contributed by atoms with Crippen molar-refractivity contribution in [3.8, 4) is 5.75 Å². The molecule has 0 aliphatic rings. The van der Waals surface area contributed by atoms with Gasteiger partial charge in [-0.3, -0.25) is 4.79 Å². The third-order valence-electron chi connectivity index (χ3n) is 2.76. The summed E-state index contributed by atoms with van der Waals surface area (Å²) in [5, 5.41) is 6.05. The van der Waals surface area contributed by atoms with E-state index in [-0.39, 0.29) is 11.8 Å². The number of carbonyl (C=O) groups is 1. The lowest BCUT2D eigenvalue weighted by molar-refractivity contribution is -0.119. The van der Waals surface area contributed by atoms with Gasteiger partial charge in [0.05, 0.1) is 12.8 Å². The molecule has 0 aliphatic heterocycles. The lowest BCUT2D eigenvalue weighted by atomic mass is 10.1. The number of carbonyl (C=O) groups excluding carboxylic acids is 1. The second kappa shape index (κ2) is 7.01. The number of amides is 1. The van der Waals surface area contributed by atoms with Gasteiger partial charge < -0.3 is 15.4 Å². The number of ether oxygens (including phenoxy) is 1. The van der Waals surface area contributed by atoms with Crippen molar-refractivity contribution in [1.29, 1.82) is 0 Å². The Morgan fingerprint density at radius 2 is 2.17 bits per heavy atom. The summed E-state index contributed by atoms with van der Waals surface area (Å²) >= 11 is 0. The Labute approximate surface area is 109 Å². The smallest absolute Gasteiger partial charge is 0.228 e. The van der Waals surface area contributed by atoms with Gasteiger partial charge in [0, 0.05) is 12.5 Å². The van der Waals surface area contributed by atoms with Gasteiger partial charge in [-0.15, -0.1) is 0 Å². The molecule has 2 N–H and O–H groups in total. The second-order valence-corrected chi connectivity index (χ2v) is 4.40. The molecule has 1 amide bonds. The number of hydrogen-bond acceptors (Lipinski definition) is 3. The monoisotopic (exact) mass is 250 g/mol. The first-order valence-corrected chi connectivity index (χ1v) is 6.24. The second-order valence-electron chi connectivity index (χ2n) is 4.40. The molecule has 0 fully saturated rings. The highest BCUT2D eigenvalue weighted by Gasteiger charge is 2.14. The SMILES string of the molecule is CCNCC(C)C(=O)Nc1ccc(C)cc1OC. The minimum absolute atomic E-state index is 0.00176. The van der Waals surface area contributed by atoms with Gasteiger partial charge in [0.1, 0.15) is 5.75 Å². The molecule has 0 spiro atoms. The number of anilines is 1. The molecule has 4 heteroatoms. The fourth-order valence-corrected chi connectivity index (χ4v) is 1.61. The van der Waals surface area contributed by atoms with E-state index in [1.165, 1.54) is 0 Å². The summed E-state index contributed by atoms with van der Waals surface area (Å²) in [6, 6.07) is 5.73. The highest BCUT2D eigenvalue weighted by atomic mass is 16.5. The minimum Gasteiger partial charge on any atom is -0.495 e. The fraction of sp³-hybridized carbons (Fsp3) is 0.500. The highest BCUT2D eigenvalue weighted by molar-refractivity contribution is 5.93. The Balaban J connectivity index is 2.69. The fourth-order valence-electron chi connectivity index (χ4n) is 1.61. The van der Waals surface area contributed by atoms with Gasteiger partial charge >= 0.3 is 0 Å². The Bertz CT molecular complexity index is 405. The molecule has 0 saturated carbocycles. The van der Waals surface area contributed by atoms with E-state index in [1.807, 2.05) is 39.0 Å². The molecule has 1 aromatic rings. The van der Waals surface area contributed by atoms with Crippen LogP contribution in [0.5, 0.6) is 5.75 Å². The number of aryl methyl sites for hydroxylation is 1. The van der Waals surface area contributed by atoms with Gasteiger partial charge in [-0.05, 0) is 31.2 Å². The molecule has 0 bridgehead atoms. The van der Waals surface area contributed by atoms with E-state index in [1.54, 1.807) is 7.11 Å². The summed E-state index contributed by atoms with van der Waals surface area (Å²) in [4.78, 5) is 12.0. The third-order valence-corrected chi connectivity index (χ3v) is 2.76. The molecule has 1 aromatic carbocycles. The summed E-state index contributed by atoms with van der Waals surface area (Å²) in [6.07, 6.45) is 0. The largest absolute Gasteiger partial charge is 0.495 e. The normalized spacial score (nSPS) is 12.0. The van der Waals surface area contributed by atoms with Gasteiger partial charge in [-0.1, -0.05) is 19.9 Å². The van der Waals surface area contributed by atoms with Crippen LogP contribution in [0.3, 0.4) is 0 Å². The van der Waals surface area contributed by atoms with Crippen LogP contribution in [-0.2, 0) is 4.79 Å². The summed E-state index contributed by atoms with van der Waals surface area (Å²) in [5.41, 5.74) is 1.82. The van der Waals surface area contributed by atoms with Crippen LogP contribution in [0.1, 0.15) is 19.4 Å². The summed E-state index contributed by atoms with van der Waals surface area (Å²) in [6.45, 7) is 7.45. The van der Waals surface area contributed by atoms with Gasteiger partial charge in [0.2, 0.25) is 5.91 Å². The number of rotatable bonds is 6. The van der Waals surface area contributed by atoms with Crippen molar-refractivity contribution in [3.63, 3.8) is 0 Å². The van der Waals surface area contributed by atoms with Gasteiger partial charge in [0.15, 0.2) is 0 Å². The first kappa shape index (κ1) is 14.5. The number of benzene rings is 1.